The Balaban J connectivity index is 0.000000289. The second-order valence-electron chi connectivity index (χ2n) is 12.2. The van der Waals surface area contributed by atoms with Crippen LogP contribution in [0.3, 0.4) is 0 Å². The molecule has 0 saturated heterocycles. The number of aryl methyl sites for hydroxylation is 2. The molecule has 52 heavy (non-hydrogen) atoms. The summed E-state index contributed by atoms with van der Waals surface area (Å²) >= 11 is 0. The Hall–Kier alpha value is -2.94. The molecule has 20 heteroatoms. The minimum absolute atomic E-state index is 0.00968. The van der Waals surface area contributed by atoms with Crippen LogP contribution in [0, 0.1) is 0 Å². The van der Waals surface area contributed by atoms with Crippen LogP contribution in [0.5, 0.6) is 0 Å². The highest BCUT2D eigenvalue weighted by molar-refractivity contribution is 8.13. The lowest BCUT2D eigenvalue weighted by molar-refractivity contribution is -0.170. The van der Waals surface area contributed by atoms with E-state index in [1.165, 1.54) is 13.0 Å². The van der Waals surface area contributed by atoms with E-state index in [2.05, 4.69) is 0 Å². The van der Waals surface area contributed by atoms with Gasteiger partial charge in [-0.2, -0.15) is 13.2 Å². The first-order chi connectivity index (χ1) is 23.9. The van der Waals surface area contributed by atoms with Gasteiger partial charge < -0.3 is 9.68 Å². The molecule has 1 aliphatic rings. The summed E-state index contributed by atoms with van der Waals surface area (Å²) in [4.78, 5) is 22.2. The van der Waals surface area contributed by atoms with Gasteiger partial charge in [-0.1, -0.05) is 42.5 Å². The molecule has 1 N–H and O–H groups in total. The molecule has 3 aromatic rings. The van der Waals surface area contributed by atoms with Gasteiger partial charge in [0, 0.05) is 52.6 Å². The van der Waals surface area contributed by atoms with Crippen molar-refractivity contribution in [2.24, 2.45) is 0 Å². The van der Waals surface area contributed by atoms with Crippen molar-refractivity contribution in [3.8, 4) is 0 Å². The maximum Gasteiger partial charge on any atom is 0.491 e. The van der Waals surface area contributed by atoms with E-state index >= 15 is 0 Å². The summed E-state index contributed by atoms with van der Waals surface area (Å²) in [5.41, 5.74) is 3.17. The Labute approximate surface area is 307 Å². The first kappa shape index (κ1) is 43.5. The quantitative estimate of drug-likeness (QED) is 0.186. The van der Waals surface area contributed by atoms with Crippen molar-refractivity contribution in [3.05, 3.63) is 88.0 Å². The summed E-state index contributed by atoms with van der Waals surface area (Å²) < 4.78 is 125. The van der Waals surface area contributed by atoms with Gasteiger partial charge in [-0.25, -0.2) is 25.3 Å². The third kappa shape index (κ3) is 13.2. The van der Waals surface area contributed by atoms with Gasteiger partial charge in [-0.3, -0.25) is 13.8 Å². The SMILES string of the molecule is CC(=O)Cc1ccc(S(=O)(=O)Cc2ccc3c(c2)B(O)OC3)c(CCS(C)=O)c1.CS(=O)(=O)CCc1cc(CC(=O)C(F)(F)F)ccc1S(=O)(=O)Cl. The van der Waals surface area contributed by atoms with E-state index in [9.17, 15) is 57.2 Å². The summed E-state index contributed by atoms with van der Waals surface area (Å²) in [6.07, 6.45) is -3.16. The number of carbonyl (C=O) groups is 2. The predicted molar refractivity (Wildman–Crippen MR) is 191 cm³/mol. The highest BCUT2D eigenvalue weighted by atomic mass is 35.7. The Morgan fingerprint density at radius 2 is 1.44 bits per heavy atom. The minimum atomic E-state index is -5.01. The monoisotopic (exact) mass is 826 g/mol. The van der Waals surface area contributed by atoms with Crippen molar-refractivity contribution in [1.82, 2.24) is 0 Å². The fourth-order valence-electron chi connectivity index (χ4n) is 5.19. The Kier molecular flexibility index (Phi) is 14.6. The number of alkyl halides is 3. The van der Waals surface area contributed by atoms with Gasteiger partial charge in [0.1, 0.15) is 15.6 Å². The van der Waals surface area contributed by atoms with Gasteiger partial charge in [0.05, 0.1) is 27.9 Å². The summed E-state index contributed by atoms with van der Waals surface area (Å²) in [5, 5.41) is 9.86. The molecule has 3 aromatic carbocycles. The van der Waals surface area contributed by atoms with Crippen LogP contribution in [0.15, 0.2) is 64.4 Å². The Morgan fingerprint density at radius 1 is 0.885 bits per heavy atom. The standard InChI is InChI=1S/C20H23BO6S2.C12H12ClF3O5S2/c1-14(22)9-15-4-6-20(17(10-15)7-8-28(2)24)29(25,26)13-16-3-5-18-12-27-21(23)19(18)11-16;1-22(18,19)5-4-9-6-8(7-11(17)12(14,15)16)2-3-10(9)23(13,20)21/h3-6,10-11,23H,7-9,12-13H2,1-2H3;2-3,6H,4-5,7H2,1H3. The molecule has 1 unspecified atom stereocenters. The molecular weight excluding hydrogens is 792 g/mol. The Morgan fingerprint density at radius 3 is 1.98 bits per heavy atom. The van der Waals surface area contributed by atoms with Gasteiger partial charge >= 0.3 is 13.3 Å². The maximum absolute atomic E-state index is 13.1. The van der Waals surface area contributed by atoms with Crippen LogP contribution in [0.2, 0.25) is 0 Å². The lowest BCUT2D eigenvalue weighted by Gasteiger charge is -2.13. The largest absolute Gasteiger partial charge is 0.491 e. The zero-order valence-electron chi connectivity index (χ0n) is 28.1. The second kappa shape index (κ2) is 17.5. The third-order valence-electron chi connectivity index (χ3n) is 7.61. The molecule has 11 nitrogen and oxygen atoms in total. The number of carbonyl (C=O) groups excluding carboxylic acids is 2. The molecule has 284 valence electrons. The highest BCUT2D eigenvalue weighted by Gasteiger charge is 2.38. The van der Waals surface area contributed by atoms with Crippen LogP contribution in [0.25, 0.3) is 0 Å². The van der Waals surface area contributed by atoms with Crippen molar-refractivity contribution < 1.29 is 61.9 Å². The molecule has 1 heterocycles. The van der Waals surface area contributed by atoms with E-state index in [-0.39, 0.29) is 40.4 Å². The van der Waals surface area contributed by atoms with E-state index in [0.717, 1.165) is 35.6 Å². The van der Waals surface area contributed by atoms with E-state index in [4.69, 9.17) is 15.3 Å². The lowest BCUT2D eigenvalue weighted by Crippen LogP contribution is -2.28. The molecule has 0 amide bonds. The van der Waals surface area contributed by atoms with Gasteiger partial charge in [0.25, 0.3) is 9.05 Å². The summed E-state index contributed by atoms with van der Waals surface area (Å²) in [6.45, 7) is 1.79. The van der Waals surface area contributed by atoms with Crippen LogP contribution in [0.1, 0.15) is 40.3 Å². The van der Waals surface area contributed by atoms with Crippen LogP contribution < -0.4 is 5.46 Å². The average molecular weight is 827 g/mol. The Bertz CT molecular complexity index is 2190. The normalized spacial score (nSPS) is 14.0. The van der Waals surface area contributed by atoms with Gasteiger partial charge in [0.15, 0.2) is 9.84 Å². The molecule has 4 rings (SSSR count). The molecule has 1 atom stereocenters. The van der Waals surface area contributed by atoms with Crippen LogP contribution in [-0.2, 0) is 91.8 Å². The number of sulfone groups is 2. The molecule has 0 aromatic heterocycles. The summed E-state index contributed by atoms with van der Waals surface area (Å²) in [5.74, 6) is -2.30. The van der Waals surface area contributed by atoms with Crippen molar-refractivity contribution in [2.75, 3.05) is 24.0 Å². The second-order valence-corrected chi connectivity index (χ2v) is 20.5. The zero-order valence-corrected chi connectivity index (χ0v) is 32.1. The van der Waals surface area contributed by atoms with Crippen molar-refractivity contribution in [3.63, 3.8) is 0 Å². The van der Waals surface area contributed by atoms with Gasteiger partial charge in [-0.05, 0) is 70.7 Å². The van der Waals surface area contributed by atoms with Gasteiger partial charge in [-0.15, -0.1) is 0 Å². The van der Waals surface area contributed by atoms with E-state index in [1.807, 2.05) is 0 Å². The predicted octanol–water partition coefficient (Wildman–Crippen LogP) is 2.81. The number of halogens is 4. The zero-order chi connectivity index (χ0) is 39.2. The molecule has 0 bridgehead atoms. The fourth-order valence-corrected chi connectivity index (χ4v) is 9.05. The van der Waals surface area contributed by atoms with E-state index in [1.54, 1.807) is 36.6 Å². The number of rotatable bonds is 14. The van der Waals surface area contributed by atoms with E-state index in [0.29, 0.717) is 35.4 Å². The number of ketones is 2. The first-order valence-electron chi connectivity index (χ1n) is 15.3. The van der Waals surface area contributed by atoms with Crippen molar-refractivity contribution in [1.29, 1.82) is 0 Å². The minimum Gasteiger partial charge on any atom is -0.423 e. The molecule has 0 fully saturated rings. The number of hydrogen-bond donors (Lipinski definition) is 1. The number of hydrogen-bond acceptors (Lipinski definition) is 11. The molecule has 1 aliphatic heterocycles. The molecule has 0 spiro atoms. The lowest BCUT2D eigenvalue weighted by atomic mass is 9.79. The highest BCUT2D eigenvalue weighted by Crippen LogP contribution is 2.26. The number of Topliss-reactive ketones (excluding diaryl/α,β-unsaturated/α-hetero) is 2. The van der Waals surface area contributed by atoms with Crippen LogP contribution in [0.4, 0.5) is 13.2 Å². The summed E-state index contributed by atoms with van der Waals surface area (Å²) in [7, 11) is -8.19. The van der Waals surface area contributed by atoms with Crippen molar-refractivity contribution in [2.45, 2.75) is 60.9 Å². The first-order valence-corrected chi connectivity index (χ1v) is 23.0. The molecule has 0 aliphatic carbocycles. The number of fused-ring (bicyclic) bond motifs is 1. The van der Waals surface area contributed by atoms with Crippen LogP contribution >= 0.6 is 10.7 Å². The van der Waals surface area contributed by atoms with E-state index < -0.39 is 75.7 Å². The molecular formula is C32H35BClF3O11S4. The van der Waals surface area contributed by atoms with Gasteiger partial charge in [0.2, 0.25) is 5.78 Å². The average Bonchev–Trinajstić information content (AvgIpc) is 3.37. The summed E-state index contributed by atoms with van der Waals surface area (Å²) in [6, 6.07) is 13.1. The molecule has 0 radical (unpaired) electrons. The fraction of sp³-hybridized carbons (Fsp3) is 0.375. The number of benzene rings is 3. The topological polar surface area (TPSA) is 183 Å². The maximum atomic E-state index is 13.1. The van der Waals surface area contributed by atoms with Crippen molar-refractivity contribution >= 4 is 74.4 Å². The molecule has 0 saturated carbocycles. The third-order valence-corrected chi connectivity index (χ3v) is 12.5. The smallest absolute Gasteiger partial charge is 0.423 e. The van der Waals surface area contributed by atoms with Crippen LogP contribution in [-0.4, -0.2) is 83.4 Å².